The lowest BCUT2D eigenvalue weighted by Gasteiger charge is -2.41. The van der Waals surface area contributed by atoms with Crippen LogP contribution in [-0.4, -0.2) is 82.8 Å². The van der Waals surface area contributed by atoms with E-state index in [2.05, 4.69) is 21.4 Å². The molecule has 8 nitrogen and oxygen atoms in total. The fraction of sp³-hybridized carbons (Fsp3) is 0.394. The Balaban J connectivity index is 1.33. The molecule has 0 saturated carbocycles. The van der Waals surface area contributed by atoms with Crippen molar-refractivity contribution in [1.82, 2.24) is 19.8 Å². The number of hydrogen-bond donors (Lipinski definition) is 0. The summed E-state index contributed by atoms with van der Waals surface area (Å²) < 4.78 is 80.5. The Morgan fingerprint density at radius 3 is 2.72 bits per heavy atom. The predicted octanol–water partition coefficient (Wildman–Crippen LogP) is 6.30. The van der Waals surface area contributed by atoms with Crippen molar-refractivity contribution in [3.8, 4) is 23.2 Å². The normalized spacial score (nSPS) is 23.0. The number of carbonyl (C=O) groups is 1. The average molecular weight is 669 g/mol. The molecule has 0 N–H and O–H groups in total. The lowest BCUT2D eigenvalue weighted by Crippen LogP contribution is -2.55. The monoisotopic (exact) mass is 668 g/mol. The molecule has 3 atom stereocenters. The molecular formula is C33H29F5N6O2S. The zero-order valence-electron chi connectivity index (χ0n) is 25.1. The van der Waals surface area contributed by atoms with E-state index >= 15 is 4.39 Å². The molecule has 7 rings (SSSR count). The molecule has 244 valence electrons. The number of aromatic nitrogens is 2. The van der Waals surface area contributed by atoms with E-state index in [9.17, 15) is 27.6 Å². The van der Waals surface area contributed by atoms with E-state index in [1.54, 1.807) is 23.1 Å². The third kappa shape index (κ3) is 5.35. The second-order valence-electron chi connectivity index (χ2n) is 12.3. The highest BCUT2D eigenvalue weighted by molar-refractivity contribution is 7.17. The zero-order chi connectivity index (χ0) is 33.0. The highest BCUT2D eigenvalue weighted by Crippen LogP contribution is 2.42. The van der Waals surface area contributed by atoms with Crippen molar-refractivity contribution in [2.75, 3.05) is 44.2 Å². The van der Waals surface area contributed by atoms with Gasteiger partial charge >= 0.3 is 6.01 Å². The summed E-state index contributed by atoms with van der Waals surface area (Å²) in [6.45, 7) is 4.50. The Morgan fingerprint density at radius 1 is 1.11 bits per heavy atom. The number of hydrogen-bond acceptors (Lipinski definition) is 8. The molecule has 1 amide bonds. The average Bonchev–Trinajstić information content (AvgIpc) is 3.68. The number of benzene rings is 2. The fourth-order valence-electron chi connectivity index (χ4n) is 7.34. The summed E-state index contributed by atoms with van der Waals surface area (Å²) in [5, 5.41) is 8.70. The minimum atomic E-state index is -1.14. The van der Waals surface area contributed by atoms with Gasteiger partial charge in [0.15, 0.2) is 17.5 Å². The Kier molecular flexibility index (Phi) is 8.00. The van der Waals surface area contributed by atoms with E-state index < -0.39 is 46.3 Å². The first-order valence-electron chi connectivity index (χ1n) is 15.3. The summed E-state index contributed by atoms with van der Waals surface area (Å²) in [6, 6.07) is 8.83. The summed E-state index contributed by atoms with van der Waals surface area (Å²) in [6.07, 6.45) is 0.816. The van der Waals surface area contributed by atoms with Crippen LogP contribution in [0, 0.1) is 28.1 Å². The number of nitrogens with zero attached hydrogens (tertiary/aromatic N) is 6. The van der Waals surface area contributed by atoms with Crippen LogP contribution >= 0.6 is 11.3 Å². The Morgan fingerprint density at radius 2 is 1.94 bits per heavy atom. The van der Waals surface area contributed by atoms with Gasteiger partial charge in [0.05, 0.1) is 24.1 Å². The van der Waals surface area contributed by atoms with E-state index in [4.69, 9.17) is 4.74 Å². The van der Waals surface area contributed by atoms with Gasteiger partial charge in [-0.1, -0.05) is 24.8 Å². The minimum absolute atomic E-state index is 0.00810. The molecule has 0 aliphatic carbocycles. The van der Waals surface area contributed by atoms with E-state index in [1.807, 2.05) is 6.07 Å². The molecular weight excluding hydrogens is 639 g/mol. The molecule has 5 heterocycles. The second kappa shape index (κ2) is 12.0. The molecule has 3 aliphatic heterocycles. The molecule has 14 heteroatoms. The summed E-state index contributed by atoms with van der Waals surface area (Å²) in [5.41, 5.74) is -0.534. The summed E-state index contributed by atoms with van der Waals surface area (Å²) >= 11 is 0.628. The van der Waals surface area contributed by atoms with Gasteiger partial charge in [-0.15, -0.1) is 11.3 Å². The smallest absolute Gasteiger partial charge is 0.319 e. The van der Waals surface area contributed by atoms with Crippen molar-refractivity contribution >= 4 is 44.1 Å². The summed E-state index contributed by atoms with van der Waals surface area (Å²) in [4.78, 5) is 26.7. The number of amides is 1. The highest BCUT2D eigenvalue weighted by atomic mass is 32.1. The number of thiophene rings is 1. The largest absolute Gasteiger partial charge is 0.461 e. The highest BCUT2D eigenvalue weighted by Gasteiger charge is 2.49. The van der Waals surface area contributed by atoms with Crippen molar-refractivity contribution in [2.24, 2.45) is 0 Å². The van der Waals surface area contributed by atoms with Gasteiger partial charge in [-0.05, 0) is 37.1 Å². The van der Waals surface area contributed by atoms with Crippen molar-refractivity contribution in [3.05, 3.63) is 59.5 Å². The molecule has 3 aliphatic rings. The summed E-state index contributed by atoms with van der Waals surface area (Å²) in [7, 11) is 0. The number of alkyl halides is 1. The first-order valence-corrected chi connectivity index (χ1v) is 16.1. The quantitative estimate of drug-likeness (QED) is 0.169. The Bertz CT molecular complexity index is 1970. The maximum atomic E-state index is 16.6. The molecule has 4 aromatic rings. The van der Waals surface area contributed by atoms with Crippen LogP contribution in [0.1, 0.15) is 25.7 Å². The maximum Gasteiger partial charge on any atom is 0.319 e. The van der Waals surface area contributed by atoms with Crippen LogP contribution in [0.15, 0.2) is 42.7 Å². The van der Waals surface area contributed by atoms with Crippen LogP contribution in [-0.2, 0) is 4.79 Å². The number of carbonyl (C=O) groups excluding carboxylic acids is 1. The van der Waals surface area contributed by atoms with Crippen molar-refractivity contribution in [2.45, 2.75) is 43.4 Å². The molecule has 3 fully saturated rings. The van der Waals surface area contributed by atoms with Crippen LogP contribution < -0.4 is 9.64 Å². The number of halogens is 5. The van der Waals surface area contributed by atoms with Crippen LogP contribution in [0.2, 0.25) is 0 Å². The number of ether oxygens (including phenoxy) is 1. The number of rotatable bonds is 7. The van der Waals surface area contributed by atoms with Gasteiger partial charge in [0.25, 0.3) is 5.91 Å². The van der Waals surface area contributed by atoms with Gasteiger partial charge in [0.2, 0.25) is 5.13 Å². The summed E-state index contributed by atoms with van der Waals surface area (Å²) in [5.74, 6) is -3.67. The second-order valence-corrected chi connectivity index (χ2v) is 13.3. The maximum absolute atomic E-state index is 16.6. The first kappa shape index (κ1) is 31.3. The fourth-order valence-corrected chi connectivity index (χ4v) is 8.18. The van der Waals surface area contributed by atoms with Gasteiger partial charge in [0, 0.05) is 53.6 Å². The van der Waals surface area contributed by atoms with E-state index in [0.29, 0.717) is 29.0 Å². The van der Waals surface area contributed by atoms with E-state index in [-0.39, 0.29) is 71.9 Å². The topological polar surface area (TPSA) is 85.6 Å². The molecule has 47 heavy (non-hydrogen) atoms. The number of anilines is 1. The third-order valence-corrected chi connectivity index (χ3v) is 10.4. The van der Waals surface area contributed by atoms with E-state index in [1.165, 1.54) is 17.0 Å². The number of piperazine rings is 1. The predicted molar refractivity (Wildman–Crippen MR) is 167 cm³/mol. The molecule has 2 aromatic carbocycles. The van der Waals surface area contributed by atoms with Gasteiger partial charge in [-0.2, -0.15) is 19.6 Å². The van der Waals surface area contributed by atoms with Gasteiger partial charge < -0.3 is 14.5 Å². The lowest BCUT2D eigenvalue weighted by molar-refractivity contribution is -0.131. The standard InChI is InChI=1S/C33H29F5N6O2S/c1-18(34)31(45)44-13-12-42(16-20(44)8-10-39)30-23-7-6-22(21-4-2-5-24-25(21)27(37)29(38)47-24)26(36)28(23)40-32(41-30)46-17-33-9-3-11-43(33)15-19(35)14-33/h2,4-7,19-20H,1,3,8-9,11-17H2/t19-,20+,33+/m1/s1. The molecule has 0 spiro atoms. The van der Waals surface area contributed by atoms with Crippen molar-refractivity contribution < 1.29 is 31.5 Å². The van der Waals surface area contributed by atoms with Crippen molar-refractivity contribution in [1.29, 1.82) is 5.26 Å². The van der Waals surface area contributed by atoms with Crippen molar-refractivity contribution in [3.63, 3.8) is 0 Å². The van der Waals surface area contributed by atoms with Crippen LogP contribution in [0.3, 0.4) is 0 Å². The number of fused-ring (bicyclic) bond motifs is 3. The van der Waals surface area contributed by atoms with Gasteiger partial charge in [-0.25, -0.2) is 17.6 Å². The zero-order valence-corrected chi connectivity index (χ0v) is 25.9. The van der Waals surface area contributed by atoms with Crippen LogP contribution in [0.4, 0.5) is 27.8 Å². The molecule has 0 bridgehead atoms. The van der Waals surface area contributed by atoms with Gasteiger partial charge in [-0.3, -0.25) is 9.69 Å². The Labute approximate surface area is 270 Å². The van der Waals surface area contributed by atoms with Crippen LogP contribution in [0.5, 0.6) is 6.01 Å². The molecule has 3 saturated heterocycles. The number of nitriles is 1. The molecule has 2 aromatic heterocycles. The van der Waals surface area contributed by atoms with Gasteiger partial charge in [0.1, 0.15) is 24.1 Å². The van der Waals surface area contributed by atoms with E-state index in [0.717, 1.165) is 19.4 Å². The Hall–Kier alpha value is -4.35. The van der Waals surface area contributed by atoms with Crippen LogP contribution in [0.25, 0.3) is 32.1 Å². The first-order chi connectivity index (χ1) is 22.6. The molecule has 0 unspecified atom stereocenters. The SMILES string of the molecule is C=C(F)C(=O)N1CCN(c2nc(OC[C@@]34CCCN3C[C@H](F)C4)nc3c(F)c(-c4cccc5sc(F)c(F)c45)ccc23)C[C@@H]1CC#N. The minimum Gasteiger partial charge on any atom is -0.461 e. The lowest BCUT2D eigenvalue weighted by atomic mass is 9.95. The third-order valence-electron chi connectivity index (χ3n) is 9.51. The molecule has 0 radical (unpaired) electrons.